The van der Waals surface area contributed by atoms with Crippen LogP contribution in [0.25, 0.3) is 27.6 Å². The molecule has 4 aromatic rings. The van der Waals surface area contributed by atoms with E-state index in [9.17, 15) is 4.79 Å². The zero-order valence-corrected chi connectivity index (χ0v) is 18.3. The normalized spacial score (nSPS) is 19.4. The summed E-state index contributed by atoms with van der Waals surface area (Å²) in [6, 6.07) is 22.7. The summed E-state index contributed by atoms with van der Waals surface area (Å²) in [6.45, 7) is 4.40. The van der Waals surface area contributed by atoms with Crippen LogP contribution >= 0.6 is 0 Å². The van der Waals surface area contributed by atoms with Crippen LogP contribution in [0.5, 0.6) is 0 Å². The van der Waals surface area contributed by atoms with Crippen LogP contribution in [0.3, 0.4) is 0 Å². The Kier molecular flexibility index (Phi) is 4.12. The number of H-pyrrole nitrogens is 1. The molecule has 158 valence electrons. The van der Waals surface area contributed by atoms with Crippen molar-refractivity contribution in [1.82, 2.24) is 10.2 Å². The highest BCUT2D eigenvalue weighted by atomic mass is 16.1. The van der Waals surface area contributed by atoms with E-state index in [2.05, 4.69) is 77.9 Å². The van der Waals surface area contributed by atoms with Gasteiger partial charge in [0.05, 0.1) is 17.9 Å². The van der Waals surface area contributed by atoms with Crippen molar-refractivity contribution < 1.29 is 4.79 Å². The number of hydrogen-bond donors (Lipinski definition) is 2. The number of hydrogen-bond acceptors (Lipinski definition) is 3. The molecule has 0 saturated carbocycles. The van der Waals surface area contributed by atoms with E-state index in [0.717, 1.165) is 34.5 Å². The van der Waals surface area contributed by atoms with Gasteiger partial charge in [0.2, 0.25) is 0 Å². The van der Waals surface area contributed by atoms with Gasteiger partial charge in [0, 0.05) is 28.8 Å². The number of Topliss-reactive ketones (excluding diaryl/α,β-unsaturated/α-hetero) is 1. The summed E-state index contributed by atoms with van der Waals surface area (Å²) in [7, 11) is 0. The summed E-state index contributed by atoms with van der Waals surface area (Å²) in [5.74, 6) is 0.229. The number of nitrogens with one attached hydrogen (secondary N) is 2. The van der Waals surface area contributed by atoms with Crippen LogP contribution in [0.15, 0.2) is 78.5 Å². The van der Waals surface area contributed by atoms with Gasteiger partial charge in [-0.2, -0.15) is 5.10 Å². The molecule has 0 bridgehead atoms. The number of rotatable bonds is 2. The molecule has 0 saturated heterocycles. The van der Waals surface area contributed by atoms with E-state index in [1.54, 1.807) is 0 Å². The Morgan fingerprint density at radius 3 is 2.56 bits per heavy atom. The van der Waals surface area contributed by atoms with E-state index >= 15 is 0 Å². The molecule has 2 N–H and O–H groups in total. The van der Waals surface area contributed by atoms with Crippen LogP contribution in [0, 0.1) is 5.41 Å². The maximum atomic E-state index is 13.6. The summed E-state index contributed by atoms with van der Waals surface area (Å²) in [5, 5.41) is 13.7. The maximum Gasteiger partial charge on any atom is 0.162 e. The molecule has 1 atom stereocenters. The second-order valence-electron chi connectivity index (χ2n) is 9.69. The molecule has 1 aliphatic carbocycles. The summed E-state index contributed by atoms with van der Waals surface area (Å²) >= 11 is 0. The molecule has 4 nitrogen and oxygen atoms in total. The van der Waals surface area contributed by atoms with E-state index in [0.29, 0.717) is 6.42 Å². The van der Waals surface area contributed by atoms with Gasteiger partial charge in [-0.1, -0.05) is 74.5 Å². The summed E-state index contributed by atoms with van der Waals surface area (Å²) in [4.78, 5) is 13.6. The van der Waals surface area contributed by atoms with Gasteiger partial charge in [-0.25, -0.2) is 0 Å². The molecule has 0 spiro atoms. The minimum Gasteiger partial charge on any atom is -0.373 e. The van der Waals surface area contributed by atoms with Gasteiger partial charge in [0.1, 0.15) is 0 Å². The smallest absolute Gasteiger partial charge is 0.162 e. The number of carbonyl (C=O) groups is 1. The number of allylic oxidation sites excluding steroid dienone is 1. The zero-order valence-electron chi connectivity index (χ0n) is 18.3. The minimum atomic E-state index is -0.226. The highest BCUT2D eigenvalue weighted by Gasteiger charge is 2.41. The van der Waals surface area contributed by atoms with Gasteiger partial charge in [0.15, 0.2) is 5.78 Å². The lowest BCUT2D eigenvalue weighted by molar-refractivity contribution is -0.118. The van der Waals surface area contributed by atoms with Crippen LogP contribution < -0.4 is 5.32 Å². The number of aromatic nitrogens is 2. The quantitative estimate of drug-likeness (QED) is 0.388. The Hall–Kier alpha value is -3.66. The summed E-state index contributed by atoms with van der Waals surface area (Å²) in [5.41, 5.74) is 7.31. The largest absolute Gasteiger partial charge is 0.373 e. The number of ketones is 1. The predicted molar refractivity (Wildman–Crippen MR) is 129 cm³/mol. The SMILES string of the molecule is CC1(C)CC(=O)C2=C(C1)c1c(ccc3ccccc13)N[C@H]2c1cn[nH]c1-c1ccccc1. The van der Waals surface area contributed by atoms with Crippen LogP contribution in [0.1, 0.15) is 43.9 Å². The van der Waals surface area contributed by atoms with E-state index < -0.39 is 0 Å². The van der Waals surface area contributed by atoms with Crippen molar-refractivity contribution in [2.45, 2.75) is 32.7 Å². The molecular formula is C28H25N3O. The third-order valence-electron chi connectivity index (χ3n) is 6.78. The van der Waals surface area contributed by atoms with Gasteiger partial charge in [-0.05, 0) is 39.8 Å². The van der Waals surface area contributed by atoms with Crippen molar-refractivity contribution in [3.8, 4) is 11.3 Å². The van der Waals surface area contributed by atoms with Crippen LogP contribution in [-0.4, -0.2) is 16.0 Å². The Morgan fingerprint density at radius 1 is 0.938 bits per heavy atom. The van der Waals surface area contributed by atoms with Crippen molar-refractivity contribution in [3.63, 3.8) is 0 Å². The van der Waals surface area contributed by atoms with Gasteiger partial charge < -0.3 is 5.32 Å². The van der Waals surface area contributed by atoms with Gasteiger partial charge in [0.25, 0.3) is 0 Å². The average Bonchev–Trinajstić information content (AvgIpc) is 3.27. The van der Waals surface area contributed by atoms with Crippen LogP contribution in [0.2, 0.25) is 0 Å². The molecule has 0 unspecified atom stereocenters. The van der Waals surface area contributed by atoms with Crippen molar-refractivity contribution in [1.29, 1.82) is 0 Å². The number of aromatic amines is 1. The minimum absolute atomic E-state index is 0.0648. The van der Waals surface area contributed by atoms with E-state index in [1.807, 2.05) is 24.4 Å². The van der Waals surface area contributed by atoms with Crippen molar-refractivity contribution >= 4 is 27.8 Å². The summed E-state index contributed by atoms with van der Waals surface area (Å²) in [6.07, 6.45) is 3.30. The standard InChI is InChI=1S/C28H25N3O/c1-28(2)14-20-24-19-11-7-6-8-17(19)12-13-22(24)30-27(25(20)23(32)15-28)21-16-29-31-26(21)18-9-4-3-5-10-18/h3-13,16,27,30H,14-15H2,1-2H3,(H,29,31)/t27-/m0/s1. The summed E-state index contributed by atoms with van der Waals surface area (Å²) < 4.78 is 0. The second-order valence-corrected chi connectivity index (χ2v) is 9.69. The zero-order chi connectivity index (χ0) is 21.9. The average molecular weight is 420 g/mol. The monoisotopic (exact) mass is 419 g/mol. The lowest BCUT2D eigenvalue weighted by Crippen LogP contribution is -2.33. The lowest BCUT2D eigenvalue weighted by Gasteiger charge is -2.40. The molecule has 0 fully saturated rings. The number of anilines is 1. The fourth-order valence-electron chi connectivity index (χ4n) is 5.42. The molecule has 1 aliphatic heterocycles. The molecular weight excluding hydrogens is 394 g/mol. The van der Waals surface area contributed by atoms with Gasteiger partial charge >= 0.3 is 0 Å². The number of fused-ring (bicyclic) bond motifs is 4. The Balaban J connectivity index is 1.61. The topological polar surface area (TPSA) is 57.8 Å². The van der Waals surface area contributed by atoms with Crippen molar-refractivity contribution in [3.05, 3.63) is 89.6 Å². The Labute approximate surface area is 187 Å². The molecule has 32 heavy (non-hydrogen) atoms. The highest BCUT2D eigenvalue weighted by molar-refractivity contribution is 6.13. The van der Waals surface area contributed by atoms with E-state index in [-0.39, 0.29) is 17.2 Å². The van der Waals surface area contributed by atoms with E-state index in [1.165, 1.54) is 21.9 Å². The van der Waals surface area contributed by atoms with Crippen LogP contribution in [0.4, 0.5) is 5.69 Å². The number of nitrogens with zero attached hydrogens (tertiary/aromatic N) is 1. The third kappa shape index (κ3) is 2.90. The molecule has 3 aromatic carbocycles. The fourth-order valence-corrected chi connectivity index (χ4v) is 5.42. The Bertz CT molecular complexity index is 1390. The molecule has 2 heterocycles. The first kappa shape index (κ1) is 19.1. The molecule has 4 heteroatoms. The van der Waals surface area contributed by atoms with Gasteiger partial charge in [-0.3, -0.25) is 9.89 Å². The fraction of sp³-hybridized carbons (Fsp3) is 0.214. The molecule has 1 aromatic heterocycles. The first-order chi connectivity index (χ1) is 15.5. The first-order valence-electron chi connectivity index (χ1n) is 11.2. The van der Waals surface area contributed by atoms with Gasteiger partial charge in [-0.15, -0.1) is 0 Å². The number of carbonyl (C=O) groups excluding carboxylic acids is 1. The van der Waals surface area contributed by atoms with Crippen molar-refractivity contribution in [2.75, 3.05) is 5.32 Å². The number of benzene rings is 3. The Morgan fingerprint density at radius 2 is 1.72 bits per heavy atom. The van der Waals surface area contributed by atoms with Crippen LogP contribution in [-0.2, 0) is 4.79 Å². The van der Waals surface area contributed by atoms with Crippen molar-refractivity contribution in [2.24, 2.45) is 5.41 Å². The molecule has 0 radical (unpaired) electrons. The van der Waals surface area contributed by atoms with E-state index in [4.69, 9.17) is 0 Å². The molecule has 6 rings (SSSR count). The first-order valence-corrected chi connectivity index (χ1v) is 11.2. The lowest BCUT2D eigenvalue weighted by atomic mass is 9.68. The maximum absolute atomic E-state index is 13.6. The molecule has 0 amide bonds. The third-order valence-corrected chi connectivity index (χ3v) is 6.78. The highest BCUT2D eigenvalue weighted by Crippen LogP contribution is 2.52. The second kappa shape index (κ2) is 6.92. The predicted octanol–water partition coefficient (Wildman–Crippen LogP) is 6.54. The molecule has 2 aliphatic rings.